The van der Waals surface area contributed by atoms with Crippen LogP contribution in [0.2, 0.25) is 0 Å². The third kappa shape index (κ3) is 10.5. The molecule has 52 heavy (non-hydrogen) atoms. The molecule has 2 amide bonds. The van der Waals surface area contributed by atoms with Gasteiger partial charge < -0.3 is 39.8 Å². The van der Waals surface area contributed by atoms with Crippen molar-refractivity contribution in [1.29, 1.82) is 0 Å². The zero-order valence-corrected chi connectivity index (χ0v) is 30.0. The largest absolute Gasteiger partial charge is 0.492 e. The topological polar surface area (TPSA) is 139 Å². The number of ether oxygens (including phenoxy) is 4. The van der Waals surface area contributed by atoms with Crippen LogP contribution >= 0.6 is 0 Å². The summed E-state index contributed by atoms with van der Waals surface area (Å²) in [5.74, 6) is -0.0862. The summed E-state index contributed by atoms with van der Waals surface area (Å²) in [6.45, 7) is 7.72. The molecule has 7 atom stereocenters. The lowest BCUT2D eigenvalue weighted by atomic mass is 9.88. The number of morpholine rings is 1. The minimum absolute atomic E-state index is 0.0674. The van der Waals surface area contributed by atoms with Crippen LogP contribution in [0.15, 0.2) is 78.9 Å². The van der Waals surface area contributed by atoms with E-state index in [9.17, 15) is 19.8 Å². The Morgan fingerprint density at radius 1 is 0.923 bits per heavy atom. The van der Waals surface area contributed by atoms with E-state index in [2.05, 4.69) is 15.5 Å². The number of benzene rings is 3. The molecule has 0 saturated carbocycles. The van der Waals surface area contributed by atoms with E-state index in [0.29, 0.717) is 39.1 Å². The second-order valence-corrected chi connectivity index (χ2v) is 14.3. The van der Waals surface area contributed by atoms with Crippen LogP contribution in [-0.4, -0.2) is 104 Å². The standard InChI is InChI=1S/C41H53N3O8/c1-28(32-15-19-50-27-32)52-41(48)42-36(24-29-7-3-2-4-8-29)37(45)26-33(40(47)43-39-35-10-6-5-9-31(35)25-38(39)46)23-30-11-13-34(14-12-30)51-22-18-44-16-20-49-21-17-44/h2-14,28,32-33,36-39,45-46H,15-27H2,1H3,(H,42,48)(H,43,47)/t28?,32?,33-,36+,37+,38-,39+/m1/s1. The highest BCUT2D eigenvalue weighted by Crippen LogP contribution is 2.32. The highest BCUT2D eigenvalue weighted by atomic mass is 16.6. The van der Waals surface area contributed by atoms with Crippen molar-refractivity contribution in [1.82, 2.24) is 15.5 Å². The highest BCUT2D eigenvalue weighted by Gasteiger charge is 2.36. The predicted octanol–water partition coefficient (Wildman–Crippen LogP) is 3.84. The van der Waals surface area contributed by atoms with Crippen LogP contribution in [0.3, 0.4) is 0 Å². The van der Waals surface area contributed by atoms with Gasteiger partial charge >= 0.3 is 6.09 Å². The fourth-order valence-corrected chi connectivity index (χ4v) is 7.41. The maximum atomic E-state index is 14.2. The van der Waals surface area contributed by atoms with E-state index < -0.39 is 36.3 Å². The summed E-state index contributed by atoms with van der Waals surface area (Å²) in [7, 11) is 0. The molecular weight excluding hydrogens is 662 g/mol. The number of alkyl carbamates (subject to hydrolysis) is 1. The molecule has 1 aliphatic carbocycles. The molecule has 2 fully saturated rings. The molecule has 0 bridgehead atoms. The van der Waals surface area contributed by atoms with Crippen molar-refractivity contribution in [3.8, 4) is 5.75 Å². The van der Waals surface area contributed by atoms with Crippen LogP contribution in [0.4, 0.5) is 4.79 Å². The lowest BCUT2D eigenvalue weighted by Crippen LogP contribution is -2.48. The quantitative estimate of drug-likeness (QED) is 0.174. The second-order valence-electron chi connectivity index (χ2n) is 14.3. The van der Waals surface area contributed by atoms with Crippen molar-refractivity contribution >= 4 is 12.0 Å². The molecule has 3 aromatic rings. The SMILES string of the molecule is CC(OC(=O)N[C@@H](Cc1ccccc1)[C@@H](O)C[C@@H](Cc1ccc(OCCN2CCOCC2)cc1)C(=O)N[C@H]1c2ccccc2C[C@H]1O)C1CCOC1. The first-order chi connectivity index (χ1) is 25.3. The Morgan fingerprint density at radius 3 is 2.40 bits per heavy atom. The summed E-state index contributed by atoms with van der Waals surface area (Å²) in [4.78, 5) is 29.7. The average molecular weight is 716 g/mol. The minimum Gasteiger partial charge on any atom is -0.492 e. The van der Waals surface area contributed by atoms with Gasteiger partial charge in [-0.25, -0.2) is 4.79 Å². The molecule has 6 rings (SSSR count). The highest BCUT2D eigenvalue weighted by molar-refractivity contribution is 5.80. The first-order valence-corrected chi connectivity index (χ1v) is 18.7. The molecule has 0 radical (unpaired) electrons. The van der Waals surface area contributed by atoms with E-state index in [1.165, 1.54) is 0 Å². The maximum Gasteiger partial charge on any atom is 0.407 e. The lowest BCUT2D eigenvalue weighted by Gasteiger charge is -2.29. The summed E-state index contributed by atoms with van der Waals surface area (Å²) in [6.07, 6.45) is -0.774. The van der Waals surface area contributed by atoms with E-state index in [-0.39, 0.29) is 24.3 Å². The second kappa shape index (κ2) is 18.7. The normalized spacial score (nSPS) is 22.5. The summed E-state index contributed by atoms with van der Waals surface area (Å²) in [6, 6.07) is 23.8. The predicted molar refractivity (Wildman–Crippen MR) is 196 cm³/mol. The minimum atomic E-state index is -1.09. The number of nitrogens with one attached hydrogen (secondary N) is 2. The number of carbonyl (C=O) groups is 2. The summed E-state index contributed by atoms with van der Waals surface area (Å²) in [5, 5.41) is 28.8. The molecule has 4 N–H and O–H groups in total. The fraction of sp³-hybridized carbons (Fsp3) is 0.512. The zero-order chi connectivity index (χ0) is 36.3. The van der Waals surface area contributed by atoms with Crippen molar-refractivity contribution in [2.45, 2.75) is 69.4 Å². The summed E-state index contributed by atoms with van der Waals surface area (Å²) < 4.78 is 22.7. The number of amides is 2. The van der Waals surface area contributed by atoms with Crippen LogP contribution in [0.25, 0.3) is 0 Å². The number of aliphatic hydroxyl groups is 2. The van der Waals surface area contributed by atoms with Gasteiger partial charge in [0.25, 0.3) is 0 Å². The molecule has 3 aliphatic rings. The zero-order valence-electron chi connectivity index (χ0n) is 30.0. The third-order valence-corrected chi connectivity index (χ3v) is 10.6. The number of fused-ring (bicyclic) bond motifs is 1. The molecule has 2 aliphatic heterocycles. The Hall–Kier alpha value is -4.00. The van der Waals surface area contributed by atoms with Gasteiger partial charge in [0.05, 0.1) is 44.1 Å². The van der Waals surface area contributed by atoms with Crippen molar-refractivity contribution in [3.63, 3.8) is 0 Å². The molecule has 2 heterocycles. The average Bonchev–Trinajstić information content (AvgIpc) is 3.81. The van der Waals surface area contributed by atoms with E-state index in [0.717, 1.165) is 67.3 Å². The monoisotopic (exact) mass is 715 g/mol. The Morgan fingerprint density at radius 2 is 1.65 bits per heavy atom. The fourth-order valence-electron chi connectivity index (χ4n) is 7.41. The van der Waals surface area contributed by atoms with Crippen molar-refractivity contribution in [2.75, 3.05) is 52.7 Å². The first-order valence-electron chi connectivity index (χ1n) is 18.7. The molecule has 0 spiro atoms. The molecule has 2 saturated heterocycles. The third-order valence-electron chi connectivity index (χ3n) is 10.6. The molecular formula is C41H53N3O8. The number of hydrogen-bond donors (Lipinski definition) is 4. The van der Waals surface area contributed by atoms with Gasteiger partial charge in [-0.3, -0.25) is 9.69 Å². The van der Waals surface area contributed by atoms with Gasteiger partial charge in [-0.2, -0.15) is 0 Å². The summed E-state index contributed by atoms with van der Waals surface area (Å²) in [5.41, 5.74) is 3.74. The van der Waals surface area contributed by atoms with Crippen LogP contribution in [0.1, 0.15) is 48.1 Å². The van der Waals surface area contributed by atoms with Gasteiger partial charge in [-0.05, 0) is 67.0 Å². The molecule has 3 aromatic carbocycles. The molecule has 11 nitrogen and oxygen atoms in total. The van der Waals surface area contributed by atoms with Gasteiger partial charge in [0.1, 0.15) is 18.5 Å². The Kier molecular flexibility index (Phi) is 13.5. The van der Waals surface area contributed by atoms with Crippen LogP contribution in [0, 0.1) is 11.8 Å². The number of nitrogens with zero attached hydrogens (tertiary/aromatic N) is 1. The van der Waals surface area contributed by atoms with Crippen LogP contribution < -0.4 is 15.4 Å². The van der Waals surface area contributed by atoms with E-state index in [4.69, 9.17) is 18.9 Å². The van der Waals surface area contributed by atoms with Crippen molar-refractivity contribution < 1.29 is 38.7 Å². The van der Waals surface area contributed by atoms with Gasteiger partial charge in [0.2, 0.25) is 5.91 Å². The number of aliphatic hydroxyl groups excluding tert-OH is 2. The smallest absolute Gasteiger partial charge is 0.407 e. The molecule has 11 heteroatoms. The molecule has 280 valence electrons. The number of carbonyl (C=O) groups excluding carboxylic acids is 2. The summed E-state index contributed by atoms with van der Waals surface area (Å²) >= 11 is 0. The van der Waals surface area contributed by atoms with Crippen molar-refractivity contribution in [2.24, 2.45) is 11.8 Å². The molecule has 0 aromatic heterocycles. The van der Waals surface area contributed by atoms with Gasteiger partial charge in [-0.1, -0.05) is 66.7 Å². The van der Waals surface area contributed by atoms with Gasteiger partial charge in [0, 0.05) is 44.5 Å². The van der Waals surface area contributed by atoms with E-state index >= 15 is 0 Å². The Bertz CT molecular complexity index is 1560. The van der Waals surface area contributed by atoms with Crippen LogP contribution in [0.5, 0.6) is 5.75 Å². The van der Waals surface area contributed by atoms with E-state index in [1.807, 2.05) is 85.8 Å². The van der Waals surface area contributed by atoms with E-state index in [1.54, 1.807) is 0 Å². The first kappa shape index (κ1) is 37.7. The van der Waals surface area contributed by atoms with Crippen LogP contribution in [-0.2, 0) is 38.3 Å². The van der Waals surface area contributed by atoms with Gasteiger partial charge in [0.15, 0.2) is 0 Å². The van der Waals surface area contributed by atoms with Gasteiger partial charge in [-0.15, -0.1) is 0 Å². The number of hydrogen-bond acceptors (Lipinski definition) is 9. The maximum absolute atomic E-state index is 14.2. The molecule has 2 unspecified atom stereocenters. The Balaban J connectivity index is 1.16. The number of rotatable bonds is 16. The Labute approximate surface area is 306 Å². The lowest BCUT2D eigenvalue weighted by molar-refractivity contribution is -0.127. The van der Waals surface area contributed by atoms with Crippen molar-refractivity contribution in [3.05, 3.63) is 101 Å².